The first-order valence-corrected chi connectivity index (χ1v) is 14.7. The summed E-state index contributed by atoms with van der Waals surface area (Å²) in [6.07, 6.45) is 14.5. The molecule has 7 atom stereocenters. The summed E-state index contributed by atoms with van der Waals surface area (Å²) in [7, 11) is 0. The number of hydrogen-bond donors (Lipinski definition) is 0. The molecule has 34 heavy (non-hydrogen) atoms. The van der Waals surface area contributed by atoms with Gasteiger partial charge in [-0.05, 0) is 91.3 Å². The van der Waals surface area contributed by atoms with E-state index < -0.39 is 0 Å². The third-order valence-corrected chi connectivity index (χ3v) is 12.2. The molecule has 0 aliphatic heterocycles. The maximum Gasteiger partial charge on any atom is 0.302 e. The predicted molar refractivity (Wildman–Crippen MR) is 142 cm³/mol. The highest BCUT2D eigenvalue weighted by atomic mass is 16.5. The van der Waals surface area contributed by atoms with Gasteiger partial charge in [-0.2, -0.15) is 0 Å². The molecular formula is C32H54O2. The Hall–Kier alpha value is -0.790. The Labute approximate surface area is 211 Å². The molecule has 194 valence electrons. The van der Waals surface area contributed by atoms with Crippen molar-refractivity contribution in [3.05, 3.63) is 11.1 Å². The lowest BCUT2D eigenvalue weighted by atomic mass is 9.43. The van der Waals surface area contributed by atoms with Crippen LogP contribution in [-0.4, -0.2) is 12.1 Å². The van der Waals surface area contributed by atoms with Crippen LogP contribution in [0.2, 0.25) is 0 Å². The highest BCUT2D eigenvalue weighted by Crippen LogP contribution is 2.72. The van der Waals surface area contributed by atoms with E-state index in [1.807, 2.05) is 11.1 Å². The number of carbonyl (C=O) groups is 1. The molecule has 0 radical (unpaired) electrons. The molecule has 0 aromatic carbocycles. The molecule has 0 amide bonds. The molecule has 2 saturated carbocycles. The van der Waals surface area contributed by atoms with Crippen molar-refractivity contribution >= 4 is 5.97 Å². The smallest absolute Gasteiger partial charge is 0.302 e. The SMILES string of the molecule is CC(=O)O[C@@H]1CC[C@]2(C)C3=C(CC[C@@H]2C1(C)C)[C@]1(C)CC[C@H]([C@H](C)CCCC(C)C)[C@]1(C)CC3. The fraction of sp³-hybridized carbons (Fsp3) is 0.906. The maximum absolute atomic E-state index is 11.8. The van der Waals surface area contributed by atoms with Gasteiger partial charge >= 0.3 is 5.97 Å². The second-order valence-electron chi connectivity index (χ2n) is 14.6. The largest absolute Gasteiger partial charge is 0.462 e. The van der Waals surface area contributed by atoms with Gasteiger partial charge in [0.2, 0.25) is 0 Å². The molecular weight excluding hydrogens is 416 g/mol. The van der Waals surface area contributed by atoms with E-state index in [1.54, 1.807) is 6.92 Å². The Morgan fingerprint density at radius 2 is 1.62 bits per heavy atom. The number of fused-ring (bicyclic) bond motifs is 4. The van der Waals surface area contributed by atoms with Crippen LogP contribution in [0.4, 0.5) is 0 Å². The Morgan fingerprint density at radius 3 is 2.26 bits per heavy atom. The zero-order valence-electron chi connectivity index (χ0n) is 24.0. The Kier molecular flexibility index (Phi) is 6.92. The summed E-state index contributed by atoms with van der Waals surface area (Å²) in [4.78, 5) is 11.8. The second kappa shape index (κ2) is 8.95. The molecule has 2 fully saturated rings. The van der Waals surface area contributed by atoms with E-state index in [2.05, 4.69) is 55.4 Å². The Bertz CT molecular complexity index is 821. The standard InChI is InChI=1S/C32H54O2/c1-21(2)11-10-12-22(3)24-15-19-32(9)26-13-14-27-29(5,6)28(34-23(4)33)17-18-30(27,7)25(26)16-20-31(24,32)8/h21-22,24,27-28H,10-20H2,1-9H3/t22-,24-,27-,28-,30-,31+,32+/m1/s1. The van der Waals surface area contributed by atoms with Gasteiger partial charge in [-0.3, -0.25) is 4.79 Å². The van der Waals surface area contributed by atoms with E-state index in [1.165, 1.54) is 64.2 Å². The van der Waals surface area contributed by atoms with Gasteiger partial charge in [0.1, 0.15) is 6.10 Å². The average molecular weight is 471 g/mol. The van der Waals surface area contributed by atoms with Crippen molar-refractivity contribution in [1.29, 1.82) is 0 Å². The van der Waals surface area contributed by atoms with Crippen molar-refractivity contribution in [2.45, 2.75) is 139 Å². The predicted octanol–water partition coefficient (Wildman–Crippen LogP) is 9.13. The zero-order valence-corrected chi connectivity index (χ0v) is 24.0. The van der Waals surface area contributed by atoms with Crippen LogP contribution in [0, 0.1) is 45.3 Å². The fourth-order valence-corrected chi connectivity index (χ4v) is 10.1. The molecule has 0 heterocycles. The van der Waals surface area contributed by atoms with Crippen molar-refractivity contribution in [2.75, 3.05) is 0 Å². The minimum Gasteiger partial charge on any atom is -0.462 e. The highest BCUT2D eigenvalue weighted by Gasteiger charge is 2.63. The van der Waals surface area contributed by atoms with Crippen LogP contribution in [0.25, 0.3) is 0 Å². The van der Waals surface area contributed by atoms with Gasteiger partial charge in [0.15, 0.2) is 0 Å². The average Bonchev–Trinajstić information content (AvgIpc) is 3.01. The number of carbonyl (C=O) groups excluding carboxylic acids is 1. The summed E-state index contributed by atoms with van der Waals surface area (Å²) in [5, 5.41) is 0. The molecule has 2 nitrogen and oxygen atoms in total. The van der Waals surface area contributed by atoms with E-state index in [-0.39, 0.29) is 22.9 Å². The van der Waals surface area contributed by atoms with Crippen LogP contribution in [0.5, 0.6) is 0 Å². The fourth-order valence-electron chi connectivity index (χ4n) is 10.1. The first kappa shape index (κ1) is 26.3. The summed E-state index contributed by atoms with van der Waals surface area (Å²) >= 11 is 0. The van der Waals surface area contributed by atoms with Gasteiger partial charge in [0.25, 0.3) is 0 Å². The van der Waals surface area contributed by atoms with Crippen LogP contribution in [0.15, 0.2) is 11.1 Å². The lowest BCUT2D eigenvalue weighted by molar-refractivity contribution is -0.167. The third kappa shape index (κ3) is 3.92. The van der Waals surface area contributed by atoms with E-state index in [0.29, 0.717) is 16.7 Å². The molecule has 4 aliphatic rings. The molecule has 0 spiro atoms. The number of rotatable bonds is 6. The first-order valence-electron chi connectivity index (χ1n) is 14.7. The number of allylic oxidation sites excluding steroid dienone is 2. The summed E-state index contributed by atoms with van der Waals surface area (Å²) < 4.78 is 5.87. The topological polar surface area (TPSA) is 26.3 Å². The third-order valence-electron chi connectivity index (χ3n) is 12.2. The van der Waals surface area contributed by atoms with E-state index in [9.17, 15) is 4.79 Å². The van der Waals surface area contributed by atoms with Crippen molar-refractivity contribution < 1.29 is 9.53 Å². The van der Waals surface area contributed by atoms with E-state index >= 15 is 0 Å². The molecule has 0 saturated heterocycles. The van der Waals surface area contributed by atoms with Gasteiger partial charge in [0, 0.05) is 12.3 Å². The summed E-state index contributed by atoms with van der Waals surface area (Å²) in [6.45, 7) is 21.6. The molecule has 0 aromatic rings. The molecule has 0 unspecified atom stereocenters. The van der Waals surface area contributed by atoms with Crippen LogP contribution < -0.4 is 0 Å². The van der Waals surface area contributed by atoms with Crippen molar-refractivity contribution in [3.8, 4) is 0 Å². The lowest BCUT2D eigenvalue weighted by Crippen LogP contribution is -2.55. The minimum atomic E-state index is -0.113. The molecule has 4 rings (SSSR count). The van der Waals surface area contributed by atoms with E-state index in [4.69, 9.17) is 4.74 Å². The normalized spacial score (nSPS) is 42.1. The van der Waals surface area contributed by atoms with E-state index in [0.717, 1.165) is 24.2 Å². The molecule has 0 N–H and O–H groups in total. The van der Waals surface area contributed by atoms with Crippen molar-refractivity contribution in [1.82, 2.24) is 0 Å². The number of esters is 1. The van der Waals surface area contributed by atoms with Crippen LogP contribution in [0.1, 0.15) is 133 Å². The van der Waals surface area contributed by atoms with Gasteiger partial charge in [-0.25, -0.2) is 0 Å². The lowest BCUT2D eigenvalue weighted by Gasteiger charge is -2.62. The van der Waals surface area contributed by atoms with Gasteiger partial charge < -0.3 is 4.74 Å². The van der Waals surface area contributed by atoms with Crippen molar-refractivity contribution in [3.63, 3.8) is 0 Å². The van der Waals surface area contributed by atoms with Crippen LogP contribution >= 0.6 is 0 Å². The molecule has 4 aliphatic carbocycles. The Morgan fingerprint density at radius 1 is 0.912 bits per heavy atom. The van der Waals surface area contributed by atoms with Gasteiger partial charge in [-0.15, -0.1) is 0 Å². The van der Waals surface area contributed by atoms with Gasteiger partial charge in [0.05, 0.1) is 0 Å². The maximum atomic E-state index is 11.8. The van der Waals surface area contributed by atoms with Gasteiger partial charge in [-0.1, -0.05) is 85.8 Å². The first-order chi connectivity index (χ1) is 15.8. The summed E-state index contributed by atoms with van der Waals surface area (Å²) in [5.41, 5.74) is 4.87. The minimum absolute atomic E-state index is 0.0436. The second-order valence-corrected chi connectivity index (χ2v) is 14.6. The van der Waals surface area contributed by atoms with Crippen LogP contribution in [0.3, 0.4) is 0 Å². The quantitative estimate of drug-likeness (QED) is 0.286. The van der Waals surface area contributed by atoms with Crippen LogP contribution in [-0.2, 0) is 9.53 Å². The molecule has 2 heteroatoms. The van der Waals surface area contributed by atoms with Crippen molar-refractivity contribution in [2.24, 2.45) is 45.3 Å². The molecule has 0 bridgehead atoms. The summed E-state index contributed by atoms with van der Waals surface area (Å²) in [6, 6.07) is 0. The Balaban J connectivity index is 1.61. The summed E-state index contributed by atoms with van der Waals surface area (Å²) in [5.74, 6) is 3.04. The monoisotopic (exact) mass is 470 g/mol. The zero-order chi connectivity index (χ0) is 25.1. The highest BCUT2D eigenvalue weighted by molar-refractivity contribution is 5.66. The number of ether oxygens (including phenoxy) is 1. The number of hydrogen-bond acceptors (Lipinski definition) is 2. The molecule has 0 aromatic heterocycles.